The van der Waals surface area contributed by atoms with Crippen molar-refractivity contribution in [3.8, 4) is 0 Å². The Morgan fingerprint density at radius 3 is 3.00 bits per heavy atom. The second-order valence-electron chi connectivity index (χ2n) is 3.76. The van der Waals surface area contributed by atoms with E-state index in [9.17, 15) is 0 Å². The summed E-state index contributed by atoms with van der Waals surface area (Å²) in [4.78, 5) is 4.11. The zero-order chi connectivity index (χ0) is 10.5. The topological polar surface area (TPSA) is 24.9 Å². The molecule has 2 heteroatoms. The molecule has 0 radical (unpaired) electrons. The van der Waals surface area contributed by atoms with Crippen LogP contribution in [0.25, 0.3) is 10.8 Å². The lowest BCUT2D eigenvalue weighted by Gasteiger charge is -2.03. The molecule has 0 aliphatic rings. The van der Waals surface area contributed by atoms with Crippen LogP contribution in [0.15, 0.2) is 36.7 Å². The predicted molar refractivity (Wildman–Crippen MR) is 64.0 cm³/mol. The van der Waals surface area contributed by atoms with E-state index >= 15 is 0 Å². The number of aromatic nitrogens is 1. The van der Waals surface area contributed by atoms with Gasteiger partial charge in [0.1, 0.15) is 0 Å². The molecule has 0 saturated heterocycles. The molecule has 2 nitrogen and oxygen atoms in total. The average molecular weight is 200 g/mol. The van der Waals surface area contributed by atoms with E-state index in [1.165, 1.54) is 22.8 Å². The third kappa shape index (κ3) is 2.54. The highest BCUT2D eigenvalue weighted by atomic mass is 14.8. The minimum atomic E-state index is 1.08. The minimum absolute atomic E-state index is 1.08. The molecule has 0 unspecified atom stereocenters. The molecule has 1 heterocycles. The first-order valence-corrected chi connectivity index (χ1v) is 5.37. The molecule has 0 aliphatic carbocycles. The van der Waals surface area contributed by atoms with Crippen molar-refractivity contribution >= 4 is 10.8 Å². The van der Waals surface area contributed by atoms with E-state index in [0.29, 0.717) is 0 Å². The molecule has 1 aromatic carbocycles. The van der Waals surface area contributed by atoms with Crippen LogP contribution in [0.4, 0.5) is 0 Å². The normalized spacial score (nSPS) is 10.7. The quantitative estimate of drug-likeness (QED) is 0.766. The molecule has 0 bridgehead atoms. The molecule has 0 fully saturated rings. The SMILES string of the molecule is CNCCCc1ccc2cnccc2c1. The fraction of sp³-hybridized carbons (Fsp3) is 0.308. The molecule has 0 aliphatic heterocycles. The summed E-state index contributed by atoms with van der Waals surface area (Å²) in [6.45, 7) is 1.08. The van der Waals surface area contributed by atoms with Crippen molar-refractivity contribution < 1.29 is 0 Å². The van der Waals surface area contributed by atoms with Crippen molar-refractivity contribution in [1.29, 1.82) is 0 Å². The van der Waals surface area contributed by atoms with E-state index in [0.717, 1.165) is 13.0 Å². The second-order valence-corrected chi connectivity index (χ2v) is 3.76. The number of aryl methyl sites for hydroxylation is 1. The van der Waals surface area contributed by atoms with Crippen molar-refractivity contribution in [2.45, 2.75) is 12.8 Å². The van der Waals surface area contributed by atoms with Gasteiger partial charge in [-0.2, -0.15) is 0 Å². The van der Waals surface area contributed by atoms with Gasteiger partial charge >= 0.3 is 0 Å². The highest BCUT2D eigenvalue weighted by molar-refractivity contribution is 5.81. The molecule has 2 aromatic rings. The number of fused-ring (bicyclic) bond motifs is 1. The monoisotopic (exact) mass is 200 g/mol. The maximum absolute atomic E-state index is 4.11. The van der Waals surface area contributed by atoms with Gasteiger partial charge in [-0.15, -0.1) is 0 Å². The van der Waals surface area contributed by atoms with Gasteiger partial charge in [0.15, 0.2) is 0 Å². The van der Waals surface area contributed by atoms with Crippen LogP contribution < -0.4 is 5.32 Å². The summed E-state index contributed by atoms with van der Waals surface area (Å²) in [5.74, 6) is 0. The van der Waals surface area contributed by atoms with Crippen LogP contribution in [0.3, 0.4) is 0 Å². The first-order valence-electron chi connectivity index (χ1n) is 5.37. The van der Waals surface area contributed by atoms with Gasteiger partial charge in [0.05, 0.1) is 0 Å². The summed E-state index contributed by atoms with van der Waals surface area (Å²) in [5, 5.41) is 5.67. The summed E-state index contributed by atoms with van der Waals surface area (Å²) in [6.07, 6.45) is 6.08. The number of rotatable bonds is 4. The highest BCUT2D eigenvalue weighted by Crippen LogP contribution is 2.15. The van der Waals surface area contributed by atoms with Crippen LogP contribution >= 0.6 is 0 Å². The van der Waals surface area contributed by atoms with Crippen LogP contribution in [0.2, 0.25) is 0 Å². The number of pyridine rings is 1. The van der Waals surface area contributed by atoms with Gasteiger partial charge in [-0.1, -0.05) is 18.2 Å². The number of benzene rings is 1. The maximum atomic E-state index is 4.11. The molecule has 15 heavy (non-hydrogen) atoms. The number of hydrogen-bond donors (Lipinski definition) is 1. The zero-order valence-corrected chi connectivity index (χ0v) is 9.03. The Kier molecular flexibility index (Phi) is 3.30. The van der Waals surface area contributed by atoms with Gasteiger partial charge < -0.3 is 5.32 Å². The number of nitrogens with zero attached hydrogens (tertiary/aromatic N) is 1. The van der Waals surface area contributed by atoms with Gasteiger partial charge in [0.25, 0.3) is 0 Å². The second kappa shape index (κ2) is 4.89. The fourth-order valence-corrected chi connectivity index (χ4v) is 1.76. The highest BCUT2D eigenvalue weighted by Gasteiger charge is 1.96. The Morgan fingerprint density at radius 2 is 2.13 bits per heavy atom. The largest absolute Gasteiger partial charge is 0.320 e. The minimum Gasteiger partial charge on any atom is -0.320 e. The molecule has 78 valence electrons. The van der Waals surface area contributed by atoms with Gasteiger partial charge in [0.2, 0.25) is 0 Å². The molecule has 2 rings (SSSR count). The van der Waals surface area contributed by atoms with Crippen molar-refractivity contribution in [2.75, 3.05) is 13.6 Å². The van der Waals surface area contributed by atoms with Crippen molar-refractivity contribution in [1.82, 2.24) is 10.3 Å². The first kappa shape index (κ1) is 10.1. The Bertz CT molecular complexity index is 437. The standard InChI is InChI=1S/C13H16N2/c1-14-7-2-3-11-4-5-13-10-15-8-6-12(13)9-11/h4-6,8-10,14H,2-3,7H2,1H3. The van der Waals surface area contributed by atoms with Crippen LogP contribution in [0, 0.1) is 0 Å². The first-order chi connectivity index (χ1) is 7.40. The molecule has 0 amide bonds. The van der Waals surface area contributed by atoms with Crippen LogP contribution in [-0.4, -0.2) is 18.6 Å². The smallest absolute Gasteiger partial charge is 0.0346 e. The average Bonchev–Trinajstić information content (AvgIpc) is 2.29. The van der Waals surface area contributed by atoms with Gasteiger partial charge in [0, 0.05) is 17.8 Å². The lowest BCUT2D eigenvalue weighted by Crippen LogP contribution is -2.08. The lowest BCUT2D eigenvalue weighted by atomic mass is 10.1. The predicted octanol–water partition coefficient (Wildman–Crippen LogP) is 2.39. The Balaban J connectivity index is 2.16. The van der Waals surface area contributed by atoms with Crippen LogP contribution in [0.1, 0.15) is 12.0 Å². The Labute approximate surface area is 90.3 Å². The molecule has 0 saturated carbocycles. The summed E-state index contributed by atoms with van der Waals surface area (Å²) in [6, 6.07) is 8.67. The van der Waals surface area contributed by atoms with Crippen molar-refractivity contribution in [3.05, 3.63) is 42.2 Å². The Hall–Kier alpha value is -1.41. The van der Waals surface area contributed by atoms with E-state index in [1.807, 2.05) is 19.4 Å². The molecule has 1 N–H and O–H groups in total. The molecule has 0 spiro atoms. The fourth-order valence-electron chi connectivity index (χ4n) is 1.76. The van der Waals surface area contributed by atoms with E-state index in [2.05, 4.69) is 34.6 Å². The van der Waals surface area contributed by atoms with E-state index in [1.54, 1.807) is 0 Å². The van der Waals surface area contributed by atoms with Gasteiger partial charge in [-0.05, 0) is 43.5 Å². The van der Waals surface area contributed by atoms with Crippen LogP contribution in [0.5, 0.6) is 0 Å². The summed E-state index contributed by atoms with van der Waals surface area (Å²) in [5.41, 5.74) is 1.41. The van der Waals surface area contributed by atoms with Crippen molar-refractivity contribution in [3.63, 3.8) is 0 Å². The number of nitrogens with one attached hydrogen (secondary N) is 1. The van der Waals surface area contributed by atoms with E-state index in [4.69, 9.17) is 0 Å². The molecular weight excluding hydrogens is 184 g/mol. The Morgan fingerprint density at radius 1 is 1.20 bits per heavy atom. The van der Waals surface area contributed by atoms with Gasteiger partial charge in [-0.25, -0.2) is 0 Å². The molecule has 1 aromatic heterocycles. The maximum Gasteiger partial charge on any atom is 0.0346 e. The molecule has 0 atom stereocenters. The third-order valence-electron chi connectivity index (χ3n) is 2.60. The van der Waals surface area contributed by atoms with E-state index in [-0.39, 0.29) is 0 Å². The zero-order valence-electron chi connectivity index (χ0n) is 9.03. The summed E-state index contributed by atoms with van der Waals surface area (Å²) >= 11 is 0. The van der Waals surface area contributed by atoms with Crippen LogP contribution in [-0.2, 0) is 6.42 Å². The van der Waals surface area contributed by atoms with Crippen molar-refractivity contribution in [2.24, 2.45) is 0 Å². The van der Waals surface area contributed by atoms with Gasteiger partial charge in [-0.3, -0.25) is 4.98 Å². The number of hydrogen-bond acceptors (Lipinski definition) is 2. The van der Waals surface area contributed by atoms with E-state index < -0.39 is 0 Å². The lowest BCUT2D eigenvalue weighted by molar-refractivity contribution is 0.725. The summed E-state index contributed by atoms with van der Waals surface area (Å²) in [7, 11) is 1.99. The molecular formula is C13H16N2. The third-order valence-corrected chi connectivity index (χ3v) is 2.60. The summed E-state index contributed by atoms with van der Waals surface area (Å²) < 4.78 is 0.